The highest BCUT2D eigenvalue weighted by Crippen LogP contribution is 2.33. The summed E-state index contributed by atoms with van der Waals surface area (Å²) in [4.78, 5) is 29.9. The normalized spacial score (nSPS) is 11.7. The minimum absolute atomic E-state index is 0.0884. The van der Waals surface area contributed by atoms with Gasteiger partial charge in [0, 0.05) is 25.6 Å². The first-order valence-corrected chi connectivity index (χ1v) is 17.7. The molecule has 0 saturated carbocycles. The molecule has 0 aliphatic carbocycles. The van der Waals surface area contributed by atoms with E-state index in [2.05, 4.69) is 5.32 Å². The van der Waals surface area contributed by atoms with Crippen molar-refractivity contribution in [1.82, 2.24) is 10.2 Å². The monoisotopic (exact) mass is 687 g/mol. The van der Waals surface area contributed by atoms with E-state index in [9.17, 15) is 18.0 Å². The number of hydrogen-bond acceptors (Lipinski definition) is 7. The molecule has 10 nitrogen and oxygen atoms in total. The second kappa shape index (κ2) is 17.4. The number of aryl methyl sites for hydroxylation is 1. The van der Waals surface area contributed by atoms with E-state index in [4.69, 9.17) is 14.2 Å². The summed E-state index contributed by atoms with van der Waals surface area (Å²) in [5.74, 6) is 0.265. The fraction of sp³-hybridized carbons (Fsp3) is 0.316. The van der Waals surface area contributed by atoms with E-state index in [1.165, 1.54) is 37.3 Å². The van der Waals surface area contributed by atoms with Crippen LogP contribution in [0.25, 0.3) is 0 Å². The Hall–Kier alpha value is -5.03. The van der Waals surface area contributed by atoms with Crippen molar-refractivity contribution in [3.05, 3.63) is 114 Å². The number of hydrogen-bond donors (Lipinski definition) is 1. The third kappa shape index (κ3) is 9.54. The summed E-state index contributed by atoms with van der Waals surface area (Å²) < 4.78 is 46.3. The average molecular weight is 688 g/mol. The molecule has 4 rings (SSSR count). The van der Waals surface area contributed by atoms with Crippen molar-refractivity contribution in [1.29, 1.82) is 0 Å². The van der Waals surface area contributed by atoms with Gasteiger partial charge in [-0.2, -0.15) is 0 Å². The van der Waals surface area contributed by atoms with Crippen LogP contribution in [0.4, 0.5) is 5.69 Å². The summed E-state index contributed by atoms with van der Waals surface area (Å²) in [6.07, 6.45) is 0.949. The Labute approximate surface area is 289 Å². The van der Waals surface area contributed by atoms with Crippen LogP contribution in [-0.2, 0) is 32.6 Å². The minimum atomic E-state index is -4.36. The molecular formula is C38H45N3O7S. The van der Waals surface area contributed by atoms with E-state index in [0.29, 0.717) is 31.1 Å². The lowest BCUT2D eigenvalue weighted by atomic mass is 10.0. The fourth-order valence-electron chi connectivity index (χ4n) is 5.44. The Morgan fingerprint density at radius 2 is 1.51 bits per heavy atom. The molecule has 0 unspecified atom stereocenters. The number of anilines is 1. The predicted molar refractivity (Wildman–Crippen MR) is 191 cm³/mol. The first kappa shape index (κ1) is 36.8. The maximum absolute atomic E-state index is 14.7. The SMILES string of the molecule is CCCNC(=O)[C@@H](Cc1ccccc1)N(Cc1cccc(C)c1)C(=O)CN(c1ccc(OCC)cc1)S(=O)(=O)c1ccc(OC)c(OC)c1. The molecule has 0 heterocycles. The molecular weight excluding hydrogens is 642 g/mol. The van der Waals surface area contributed by atoms with Gasteiger partial charge in [0.2, 0.25) is 11.8 Å². The van der Waals surface area contributed by atoms with Crippen LogP contribution >= 0.6 is 0 Å². The van der Waals surface area contributed by atoms with Crippen LogP contribution < -0.4 is 23.8 Å². The zero-order valence-corrected chi connectivity index (χ0v) is 29.5. The molecule has 1 atom stereocenters. The van der Waals surface area contributed by atoms with Crippen LogP contribution in [0.2, 0.25) is 0 Å². The molecule has 1 N–H and O–H groups in total. The van der Waals surface area contributed by atoms with Gasteiger partial charge in [-0.25, -0.2) is 8.42 Å². The number of methoxy groups -OCH3 is 2. The molecule has 0 fully saturated rings. The number of benzene rings is 4. The lowest BCUT2D eigenvalue weighted by Crippen LogP contribution is -2.53. The van der Waals surface area contributed by atoms with Crippen LogP contribution in [0, 0.1) is 6.92 Å². The molecule has 4 aromatic rings. The van der Waals surface area contributed by atoms with Gasteiger partial charge in [0.1, 0.15) is 18.3 Å². The minimum Gasteiger partial charge on any atom is -0.494 e. The molecule has 260 valence electrons. The number of amides is 2. The van der Waals surface area contributed by atoms with Gasteiger partial charge in [-0.3, -0.25) is 13.9 Å². The first-order chi connectivity index (χ1) is 23.6. The second-order valence-electron chi connectivity index (χ2n) is 11.5. The number of nitrogens with one attached hydrogen (secondary N) is 1. The molecule has 0 aliphatic rings. The van der Waals surface area contributed by atoms with Crippen molar-refractivity contribution < 1.29 is 32.2 Å². The summed E-state index contributed by atoms with van der Waals surface area (Å²) in [5.41, 5.74) is 2.91. The molecule has 2 amide bonds. The number of sulfonamides is 1. The fourth-order valence-corrected chi connectivity index (χ4v) is 6.87. The molecule has 49 heavy (non-hydrogen) atoms. The highest BCUT2D eigenvalue weighted by Gasteiger charge is 2.35. The molecule has 4 aromatic carbocycles. The van der Waals surface area contributed by atoms with Gasteiger partial charge in [0.15, 0.2) is 11.5 Å². The molecule has 0 saturated heterocycles. The largest absolute Gasteiger partial charge is 0.494 e. The smallest absolute Gasteiger partial charge is 0.264 e. The Morgan fingerprint density at radius 3 is 2.14 bits per heavy atom. The Kier molecular flexibility index (Phi) is 13.1. The third-order valence-corrected chi connectivity index (χ3v) is 9.68. The van der Waals surface area contributed by atoms with Gasteiger partial charge in [0.05, 0.1) is 31.4 Å². The van der Waals surface area contributed by atoms with E-state index >= 15 is 0 Å². The van der Waals surface area contributed by atoms with Crippen molar-refractivity contribution in [3.63, 3.8) is 0 Å². The quantitative estimate of drug-likeness (QED) is 0.150. The zero-order valence-electron chi connectivity index (χ0n) is 28.7. The summed E-state index contributed by atoms with van der Waals surface area (Å²) in [6, 6.07) is 27.0. The molecule has 11 heteroatoms. The van der Waals surface area contributed by atoms with E-state index in [1.54, 1.807) is 24.3 Å². The number of carbonyl (C=O) groups excluding carboxylic acids is 2. The summed E-state index contributed by atoms with van der Waals surface area (Å²) in [6.45, 7) is 6.13. The Balaban J connectivity index is 1.83. The summed E-state index contributed by atoms with van der Waals surface area (Å²) in [7, 11) is -1.48. The van der Waals surface area contributed by atoms with Crippen LogP contribution in [0.1, 0.15) is 37.0 Å². The van der Waals surface area contributed by atoms with Gasteiger partial charge in [-0.15, -0.1) is 0 Å². The van der Waals surface area contributed by atoms with E-state index in [0.717, 1.165) is 21.0 Å². The highest BCUT2D eigenvalue weighted by atomic mass is 32.2. The van der Waals surface area contributed by atoms with Crippen LogP contribution in [-0.4, -0.2) is 65.1 Å². The molecule has 0 aromatic heterocycles. The Bertz CT molecular complexity index is 1800. The number of carbonyl (C=O) groups is 2. The Morgan fingerprint density at radius 1 is 0.816 bits per heavy atom. The number of nitrogens with zero attached hydrogens (tertiary/aromatic N) is 2. The van der Waals surface area contributed by atoms with Gasteiger partial charge in [0.25, 0.3) is 10.0 Å². The van der Waals surface area contributed by atoms with E-state index < -0.39 is 28.5 Å². The van der Waals surface area contributed by atoms with Crippen LogP contribution in [0.3, 0.4) is 0 Å². The number of rotatable bonds is 17. The topological polar surface area (TPSA) is 114 Å². The molecule has 0 bridgehead atoms. The molecule has 0 radical (unpaired) electrons. The van der Waals surface area contributed by atoms with Gasteiger partial charge in [-0.05, 0) is 67.8 Å². The summed E-state index contributed by atoms with van der Waals surface area (Å²) in [5, 5.41) is 2.96. The average Bonchev–Trinajstić information content (AvgIpc) is 3.11. The van der Waals surface area contributed by atoms with E-state index in [1.807, 2.05) is 75.4 Å². The molecule has 0 aliphatic heterocycles. The first-order valence-electron chi connectivity index (χ1n) is 16.3. The summed E-state index contributed by atoms with van der Waals surface area (Å²) >= 11 is 0. The van der Waals surface area contributed by atoms with Crippen molar-refractivity contribution in [3.8, 4) is 17.2 Å². The van der Waals surface area contributed by atoms with Crippen molar-refractivity contribution in [2.24, 2.45) is 0 Å². The van der Waals surface area contributed by atoms with Crippen molar-refractivity contribution >= 4 is 27.5 Å². The zero-order chi connectivity index (χ0) is 35.4. The van der Waals surface area contributed by atoms with Gasteiger partial charge < -0.3 is 24.4 Å². The standard InChI is InChI=1S/C38H45N3O7S/c1-6-22-39-38(43)34(24-29-13-9-8-10-14-29)40(26-30-15-11-12-28(3)23-30)37(42)27-41(31-16-18-32(19-17-31)48-7-2)49(44,45)33-20-21-35(46-4)36(25-33)47-5/h8-21,23,25,34H,6-7,22,24,26-27H2,1-5H3,(H,39,43)/t34-/m1/s1. The van der Waals surface area contributed by atoms with Crippen molar-refractivity contribution in [2.75, 3.05) is 38.2 Å². The third-order valence-electron chi connectivity index (χ3n) is 7.91. The van der Waals surface area contributed by atoms with Crippen LogP contribution in [0.15, 0.2) is 102 Å². The van der Waals surface area contributed by atoms with Gasteiger partial charge in [-0.1, -0.05) is 67.1 Å². The van der Waals surface area contributed by atoms with Crippen molar-refractivity contribution in [2.45, 2.75) is 51.1 Å². The number of ether oxygens (including phenoxy) is 3. The van der Waals surface area contributed by atoms with E-state index in [-0.39, 0.29) is 35.2 Å². The van der Waals surface area contributed by atoms with Crippen LogP contribution in [0.5, 0.6) is 17.2 Å². The lowest BCUT2D eigenvalue weighted by molar-refractivity contribution is -0.140. The highest BCUT2D eigenvalue weighted by molar-refractivity contribution is 7.92. The maximum atomic E-state index is 14.7. The maximum Gasteiger partial charge on any atom is 0.264 e. The molecule has 0 spiro atoms. The second-order valence-corrected chi connectivity index (χ2v) is 13.3. The lowest BCUT2D eigenvalue weighted by Gasteiger charge is -2.34. The predicted octanol–water partition coefficient (Wildman–Crippen LogP) is 5.77. The van der Waals surface area contributed by atoms with Gasteiger partial charge >= 0.3 is 0 Å².